The average molecular weight is 137 g/mol. The van der Waals surface area contributed by atoms with Crippen LogP contribution in [0.4, 0.5) is 0 Å². The fraction of sp³-hybridized carbons (Fsp3) is 0.667. The average Bonchev–Trinajstić information content (AvgIpc) is 1.89. The van der Waals surface area contributed by atoms with Crippen LogP contribution >= 0.6 is 0 Å². The second-order valence-corrected chi connectivity index (χ2v) is 3.19. The zero-order valence-electron chi connectivity index (χ0n) is 6.64. The van der Waals surface area contributed by atoms with Gasteiger partial charge in [-0.15, -0.1) is 6.58 Å². The second kappa shape index (κ2) is 3.00. The lowest BCUT2D eigenvalue weighted by molar-refractivity contribution is 0.417. The van der Waals surface area contributed by atoms with Crippen molar-refractivity contribution < 1.29 is 0 Å². The first-order valence-corrected chi connectivity index (χ1v) is 3.91. The first kappa shape index (κ1) is 7.52. The maximum atomic E-state index is 4.45. The van der Waals surface area contributed by atoms with Crippen LogP contribution in [0.15, 0.2) is 17.6 Å². The molecule has 0 radical (unpaired) electrons. The van der Waals surface area contributed by atoms with E-state index in [0.29, 0.717) is 0 Å². The van der Waals surface area contributed by atoms with Crippen molar-refractivity contribution in [2.24, 2.45) is 4.99 Å². The van der Waals surface area contributed by atoms with Gasteiger partial charge in [0.05, 0.1) is 5.54 Å². The largest absolute Gasteiger partial charge is 0.291 e. The molecule has 1 nitrogen and oxygen atoms in total. The lowest BCUT2D eigenvalue weighted by atomic mass is 9.90. The molecule has 0 saturated heterocycles. The van der Waals surface area contributed by atoms with Gasteiger partial charge in [0.1, 0.15) is 0 Å². The van der Waals surface area contributed by atoms with Gasteiger partial charge in [-0.1, -0.05) is 6.08 Å². The van der Waals surface area contributed by atoms with E-state index < -0.39 is 0 Å². The van der Waals surface area contributed by atoms with Crippen LogP contribution in [0.3, 0.4) is 0 Å². The van der Waals surface area contributed by atoms with Gasteiger partial charge in [0.15, 0.2) is 0 Å². The predicted octanol–water partition coefficient (Wildman–Crippen LogP) is 2.58. The second-order valence-electron chi connectivity index (χ2n) is 3.19. The molecular formula is C9H15N. The third kappa shape index (κ3) is 1.69. The van der Waals surface area contributed by atoms with Gasteiger partial charge in [0, 0.05) is 0 Å². The summed E-state index contributed by atoms with van der Waals surface area (Å²) in [5.74, 6) is 0. The number of hydrogen-bond donors (Lipinski definition) is 0. The Balaban J connectivity index is 2.56. The molecule has 10 heavy (non-hydrogen) atoms. The van der Waals surface area contributed by atoms with E-state index in [2.05, 4.69) is 18.5 Å². The van der Waals surface area contributed by atoms with Gasteiger partial charge in [0.2, 0.25) is 0 Å². The Morgan fingerprint density at radius 3 is 3.10 bits per heavy atom. The summed E-state index contributed by atoms with van der Waals surface area (Å²) in [6.45, 7) is 5.92. The Morgan fingerprint density at radius 1 is 1.80 bits per heavy atom. The van der Waals surface area contributed by atoms with Crippen LogP contribution in [-0.4, -0.2) is 11.8 Å². The maximum Gasteiger partial charge on any atom is 0.0610 e. The van der Waals surface area contributed by atoms with Crippen molar-refractivity contribution in [2.45, 2.75) is 38.1 Å². The van der Waals surface area contributed by atoms with Gasteiger partial charge in [-0.2, -0.15) is 0 Å². The number of nitrogens with zero attached hydrogens (tertiary/aromatic N) is 1. The van der Waals surface area contributed by atoms with E-state index in [1.807, 2.05) is 12.3 Å². The molecular weight excluding hydrogens is 122 g/mol. The molecule has 1 rings (SSSR count). The lowest BCUT2D eigenvalue weighted by Gasteiger charge is -2.26. The predicted molar refractivity (Wildman–Crippen MR) is 45.6 cm³/mol. The van der Waals surface area contributed by atoms with Crippen molar-refractivity contribution >= 4 is 6.21 Å². The van der Waals surface area contributed by atoms with Crippen molar-refractivity contribution in [1.82, 2.24) is 0 Å². The highest BCUT2D eigenvalue weighted by atomic mass is 14.8. The van der Waals surface area contributed by atoms with E-state index in [1.54, 1.807) is 0 Å². The minimum Gasteiger partial charge on any atom is -0.291 e. The van der Waals surface area contributed by atoms with Crippen molar-refractivity contribution in [3.63, 3.8) is 0 Å². The summed E-state index contributed by atoms with van der Waals surface area (Å²) in [6, 6.07) is 0. The highest BCUT2D eigenvalue weighted by Crippen LogP contribution is 2.25. The summed E-state index contributed by atoms with van der Waals surface area (Å²) < 4.78 is 0. The van der Waals surface area contributed by atoms with Crippen LogP contribution in [0.2, 0.25) is 0 Å². The molecule has 0 aromatic heterocycles. The number of hydrogen-bond acceptors (Lipinski definition) is 1. The van der Waals surface area contributed by atoms with E-state index >= 15 is 0 Å². The van der Waals surface area contributed by atoms with E-state index in [9.17, 15) is 0 Å². The summed E-state index contributed by atoms with van der Waals surface area (Å²) in [7, 11) is 0. The van der Waals surface area contributed by atoms with Gasteiger partial charge in [-0.05, 0) is 38.8 Å². The van der Waals surface area contributed by atoms with Crippen molar-refractivity contribution in [3.05, 3.63) is 12.7 Å². The Bertz CT molecular complexity index is 149. The van der Waals surface area contributed by atoms with Crippen LogP contribution in [-0.2, 0) is 0 Å². The molecule has 0 saturated carbocycles. The van der Waals surface area contributed by atoms with E-state index in [4.69, 9.17) is 0 Å². The van der Waals surface area contributed by atoms with Gasteiger partial charge < -0.3 is 0 Å². The molecule has 0 fully saturated rings. The minimum absolute atomic E-state index is 0.181. The van der Waals surface area contributed by atoms with Gasteiger partial charge in [0.25, 0.3) is 0 Å². The van der Waals surface area contributed by atoms with Crippen LogP contribution in [0.1, 0.15) is 32.6 Å². The summed E-state index contributed by atoms with van der Waals surface area (Å²) in [5, 5.41) is 0. The van der Waals surface area contributed by atoms with Gasteiger partial charge >= 0.3 is 0 Å². The standard InChI is InChI=1S/C9H15N/c1-3-6-9(2)7-4-5-8-10-9/h3,8H,1,4-7H2,2H3. The SMILES string of the molecule is C=CCC1(C)CCCC=N1. The molecule has 0 aromatic rings. The highest BCUT2D eigenvalue weighted by molar-refractivity contribution is 5.58. The fourth-order valence-corrected chi connectivity index (χ4v) is 1.39. The zero-order valence-corrected chi connectivity index (χ0v) is 6.64. The monoisotopic (exact) mass is 137 g/mol. The Kier molecular flexibility index (Phi) is 2.25. The Morgan fingerprint density at radius 2 is 2.60 bits per heavy atom. The normalized spacial score (nSPS) is 32.1. The summed E-state index contributed by atoms with van der Waals surface area (Å²) >= 11 is 0. The number of aliphatic imine (C=N–C) groups is 1. The van der Waals surface area contributed by atoms with E-state index in [1.165, 1.54) is 12.8 Å². The van der Waals surface area contributed by atoms with E-state index in [-0.39, 0.29) is 5.54 Å². The fourth-order valence-electron chi connectivity index (χ4n) is 1.39. The molecule has 1 aliphatic rings. The Hall–Kier alpha value is -0.590. The Labute approximate surface area is 62.9 Å². The van der Waals surface area contributed by atoms with E-state index in [0.717, 1.165) is 12.8 Å². The molecule has 0 spiro atoms. The van der Waals surface area contributed by atoms with Crippen LogP contribution in [0, 0.1) is 0 Å². The van der Waals surface area contributed by atoms with Gasteiger partial charge in [-0.3, -0.25) is 4.99 Å². The third-order valence-electron chi connectivity index (χ3n) is 2.04. The van der Waals surface area contributed by atoms with Crippen molar-refractivity contribution in [1.29, 1.82) is 0 Å². The van der Waals surface area contributed by atoms with Crippen LogP contribution in [0.5, 0.6) is 0 Å². The zero-order chi connectivity index (χ0) is 7.45. The van der Waals surface area contributed by atoms with Gasteiger partial charge in [-0.25, -0.2) is 0 Å². The minimum atomic E-state index is 0.181. The smallest absolute Gasteiger partial charge is 0.0610 e. The summed E-state index contributed by atoms with van der Waals surface area (Å²) in [6.07, 6.45) is 8.69. The molecule has 0 aliphatic carbocycles. The maximum absolute atomic E-state index is 4.45. The third-order valence-corrected chi connectivity index (χ3v) is 2.04. The molecule has 56 valence electrons. The first-order valence-electron chi connectivity index (χ1n) is 3.91. The van der Waals surface area contributed by atoms with Crippen molar-refractivity contribution in [3.8, 4) is 0 Å². The lowest BCUT2D eigenvalue weighted by Crippen LogP contribution is -2.23. The topological polar surface area (TPSA) is 12.4 Å². The summed E-state index contributed by atoms with van der Waals surface area (Å²) in [4.78, 5) is 4.45. The molecule has 0 N–H and O–H groups in total. The molecule has 0 bridgehead atoms. The van der Waals surface area contributed by atoms with Crippen molar-refractivity contribution in [2.75, 3.05) is 0 Å². The van der Waals surface area contributed by atoms with Crippen LogP contribution in [0.25, 0.3) is 0 Å². The molecule has 0 amide bonds. The first-order chi connectivity index (χ1) is 4.77. The molecule has 1 unspecified atom stereocenters. The quantitative estimate of drug-likeness (QED) is 0.519. The number of rotatable bonds is 2. The molecule has 0 aromatic carbocycles. The van der Waals surface area contributed by atoms with Crippen LogP contribution < -0.4 is 0 Å². The molecule has 1 aliphatic heterocycles. The summed E-state index contributed by atoms with van der Waals surface area (Å²) in [5.41, 5.74) is 0.181. The molecule has 1 atom stereocenters. The highest BCUT2D eigenvalue weighted by Gasteiger charge is 2.21. The molecule has 1 heteroatoms. The molecule has 1 heterocycles.